The molecule has 0 saturated heterocycles. The van der Waals surface area contributed by atoms with E-state index in [0.717, 1.165) is 12.1 Å². The molecule has 142 valence electrons. The van der Waals surface area contributed by atoms with Gasteiger partial charge in [-0.2, -0.15) is 0 Å². The maximum atomic E-state index is 14.5. The Hall–Kier alpha value is -2.99. The van der Waals surface area contributed by atoms with Crippen LogP contribution in [0.25, 0.3) is 34.0 Å². The fraction of sp³-hybridized carbons (Fsp3) is 0.190. The molecule has 0 fully saturated rings. The van der Waals surface area contributed by atoms with Gasteiger partial charge < -0.3 is 4.98 Å². The molecule has 2 aromatic heterocycles. The second-order valence-electron chi connectivity index (χ2n) is 6.99. The molecule has 0 aliphatic heterocycles. The van der Waals surface area contributed by atoms with Crippen molar-refractivity contribution in [3.05, 3.63) is 65.6 Å². The topological polar surface area (TPSA) is 59.4 Å². The molecule has 28 heavy (non-hydrogen) atoms. The fourth-order valence-electron chi connectivity index (χ4n) is 3.08. The molecule has 0 aliphatic rings. The van der Waals surface area contributed by atoms with Crippen LogP contribution >= 0.6 is 11.6 Å². The first kappa shape index (κ1) is 18.4. The number of aromatic amines is 1. The molecule has 4 aromatic rings. The second kappa shape index (κ2) is 7.56. The van der Waals surface area contributed by atoms with Crippen molar-refractivity contribution < 1.29 is 4.39 Å². The number of hydrogen-bond donors (Lipinski definition) is 1. The number of nitrogens with zero attached hydrogens (tertiary/aromatic N) is 4. The molecule has 0 bridgehead atoms. The average Bonchev–Trinajstić information content (AvgIpc) is 3.29. The van der Waals surface area contributed by atoms with E-state index in [1.165, 1.54) is 6.07 Å². The van der Waals surface area contributed by atoms with E-state index >= 15 is 0 Å². The van der Waals surface area contributed by atoms with E-state index in [1.807, 2.05) is 36.5 Å². The molecule has 0 radical (unpaired) electrons. The third kappa shape index (κ3) is 3.55. The third-order valence-corrected chi connectivity index (χ3v) is 4.61. The van der Waals surface area contributed by atoms with E-state index in [-0.39, 0.29) is 5.56 Å². The Morgan fingerprint density at radius 1 is 1.11 bits per heavy atom. The van der Waals surface area contributed by atoms with Crippen LogP contribution in [0.2, 0.25) is 5.02 Å². The molecule has 2 heterocycles. The summed E-state index contributed by atoms with van der Waals surface area (Å²) >= 11 is 6.25. The SMILES string of the molecule is CC(C)Cn1cc(-c2[nH]c(-c3c(F)cccc3Cl)nc2-c2ccccc2)nn1. The first-order chi connectivity index (χ1) is 13.5. The smallest absolute Gasteiger partial charge is 0.143 e. The Bertz CT molecular complexity index is 1080. The van der Waals surface area contributed by atoms with Crippen LogP contribution in [0.5, 0.6) is 0 Å². The van der Waals surface area contributed by atoms with Gasteiger partial charge in [0.2, 0.25) is 0 Å². The minimum Gasteiger partial charge on any atom is -0.336 e. The predicted octanol–water partition coefficient (Wildman–Crippen LogP) is 5.45. The molecule has 2 aromatic carbocycles. The summed E-state index contributed by atoms with van der Waals surface area (Å²) in [4.78, 5) is 7.87. The number of H-pyrrole nitrogens is 1. The number of nitrogens with one attached hydrogen (secondary N) is 1. The van der Waals surface area contributed by atoms with E-state index in [2.05, 4.69) is 34.1 Å². The number of benzene rings is 2. The van der Waals surface area contributed by atoms with Crippen molar-refractivity contribution >= 4 is 11.6 Å². The highest BCUT2D eigenvalue weighted by Crippen LogP contribution is 2.35. The summed E-state index contributed by atoms with van der Waals surface area (Å²) < 4.78 is 16.3. The maximum Gasteiger partial charge on any atom is 0.143 e. The van der Waals surface area contributed by atoms with Gasteiger partial charge >= 0.3 is 0 Å². The molecule has 0 amide bonds. The number of halogens is 2. The van der Waals surface area contributed by atoms with Gasteiger partial charge in [0, 0.05) is 12.1 Å². The number of aromatic nitrogens is 5. The average molecular weight is 396 g/mol. The van der Waals surface area contributed by atoms with Crippen LogP contribution in [-0.4, -0.2) is 25.0 Å². The van der Waals surface area contributed by atoms with E-state index in [0.29, 0.717) is 33.8 Å². The lowest BCUT2D eigenvalue weighted by molar-refractivity contribution is 0.472. The molecule has 1 N–H and O–H groups in total. The second-order valence-corrected chi connectivity index (χ2v) is 7.40. The van der Waals surface area contributed by atoms with Crippen LogP contribution in [-0.2, 0) is 6.54 Å². The summed E-state index contributed by atoms with van der Waals surface area (Å²) in [7, 11) is 0. The van der Waals surface area contributed by atoms with E-state index < -0.39 is 5.82 Å². The zero-order valence-corrected chi connectivity index (χ0v) is 16.3. The molecule has 0 aliphatic carbocycles. The third-order valence-electron chi connectivity index (χ3n) is 4.30. The van der Waals surface area contributed by atoms with Crippen molar-refractivity contribution in [1.29, 1.82) is 0 Å². The highest BCUT2D eigenvalue weighted by Gasteiger charge is 2.21. The van der Waals surface area contributed by atoms with Crippen LogP contribution in [0.1, 0.15) is 13.8 Å². The molecule has 4 rings (SSSR count). The quantitative estimate of drug-likeness (QED) is 0.488. The van der Waals surface area contributed by atoms with Gasteiger partial charge in [0.15, 0.2) is 0 Å². The Kier molecular flexibility index (Phi) is 4.96. The Morgan fingerprint density at radius 2 is 1.89 bits per heavy atom. The predicted molar refractivity (Wildman–Crippen MR) is 108 cm³/mol. The van der Waals surface area contributed by atoms with Crippen LogP contribution in [0.3, 0.4) is 0 Å². The van der Waals surface area contributed by atoms with Gasteiger partial charge in [0.25, 0.3) is 0 Å². The van der Waals surface area contributed by atoms with Crippen molar-refractivity contribution in [1.82, 2.24) is 25.0 Å². The first-order valence-corrected chi connectivity index (χ1v) is 9.41. The molecular weight excluding hydrogens is 377 g/mol. The molecule has 0 unspecified atom stereocenters. The van der Waals surface area contributed by atoms with Crippen LogP contribution in [0, 0.1) is 11.7 Å². The first-order valence-electron chi connectivity index (χ1n) is 9.03. The van der Waals surface area contributed by atoms with Gasteiger partial charge in [-0.3, -0.25) is 4.68 Å². The summed E-state index contributed by atoms with van der Waals surface area (Å²) in [5.41, 5.74) is 3.13. The number of rotatable bonds is 5. The normalized spacial score (nSPS) is 11.3. The van der Waals surface area contributed by atoms with Crippen LogP contribution in [0.4, 0.5) is 4.39 Å². The van der Waals surface area contributed by atoms with E-state index in [1.54, 1.807) is 16.8 Å². The molecular formula is C21H19ClFN5. The van der Waals surface area contributed by atoms with Crippen molar-refractivity contribution in [2.45, 2.75) is 20.4 Å². The van der Waals surface area contributed by atoms with Gasteiger partial charge in [-0.05, 0) is 18.1 Å². The van der Waals surface area contributed by atoms with Gasteiger partial charge in [-0.25, -0.2) is 9.37 Å². The standard InChI is InChI=1S/C21H19ClFN5/c1-13(2)11-28-12-17(26-27-28)20-19(14-7-4-3-5-8-14)24-21(25-20)18-15(22)9-6-10-16(18)23/h3-10,12-13H,11H2,1-2H3,(H,24,25). The van der Waals surface area contributed by atoms with Gasteiger partial charge in [0.1, 0.15) is 17.3 Å². The number of imidazole rings is 1. The fourth-order valence-corrected chi connectivity index (χ4v) is 3.33. The number of hydrogen-bond acceptors (Lipinski definition) is 3. The highest BCUT2D eigenvalue weighted by atomic mass is 35.5. The van der Waals surface area contributed by atoms with Gasteiger partial charge in [-0.15, -0.1) is 5.10 Å². The zero-order valence-electron chi connectivity index (χ0n) is 15.5. The van der Waals surface area contributed by atoms with E-state index in [9.17, 15) is 4.39 Å². The molecule has 7 heteroatoms. The van der Waals surface area contributed by atoms with Gasteiger partial charge in [0.05, 0.1) is 28.2 Å². The Labute approximate surface area is 167 Å². The lowest BCUT2D eigenvalue weighted by atomic mass is 10.1. The Balaban J connectivity index is 1.87. The molecule has 0 saturated carbocycles. The Morgan fingerprint density at radius 3 is 2.61 bits per heavy atom. The van der Waals surface area contributed by atoms with Crippen molar-refractivity contribution in [3.8, 4) is 34.0 Å². The summed E-state index contributed by atoms with van der Waals surface area (Å²) in [5, 5.41) is 8.79. The van der Waals surface area contributed by atoms with Crippen molar-refractivity contribution in [2.75, 3.05) is 0 Å². The lowest BCUT2D eigenvalue weighted by Gasteiger charge is -2.02. The highest BCUT2D eigenvalue weighted by molar-refractivity contribution is 6.33. The largest absolute Gasteiger partial charge is 0.336 e. The van der Waals surface area contributed by atoms with Crippen LogP contribution in [0.15, 0.2) is 54.7 Å². The van der Waals surface area contributed by atoms with Crippen molar-refractivity contribution in [2.24, 2.45) is 5.92 Å². The minimum absolute atomic E-state index is 0.238. The summed E-state index contributed by atoms with van der Waals surface area (Å²) in [6, 6.07) is 14.3. The lowest BCUT2D eigenvalue weighted by Crippen LogP contribution is -2.04. The molecule has 0 spiro atoms. The summed E-state index contributed by atoms with van der Waals surface area (Å²) in [6.45, 7) is 4.99. The van der Waals surface area contributed by atoms with Crippen LogP contribution < -0.4 is 0 Å². The van der Waals surface area contributed by atoms with E-state index in [4.69, 9.17) is 11.6 Å². The summed E-state index contributed by atoms with van der Waals surface area (Å²) in [6.07, 6.45) is 1.87. The minimum atomic E-state index is -0.434. The molecule has 0 atom stereocenters. The summed E-state index contributed by atoms with van der Waals surface area (Å²) in [5.74, 6) is 0.365. The maximum absolute atomic E-state index is 14.5. The van der Waals surface area contributed by atoms with Crippen molar-refractivity contribution in [3.63, 3.8) is 0 Å². The van der Waals surface area contributed by atoms with Gasteiger partial charge in [-0.1, -0.05) is 67.1 Å². The zero-order chi connectivity index (χ0) is 19.7. The monoisotopic (exact) mass is 395 g/mol. The molecule has 5 nitrogen and oxygen atoms in total.